The van der Waals surface area contributed by atoms with Crippen molar-refractivity contribution >= 4 is 11.3 Å². The quantitative estimate of drug-likeness (QED) is 0.877. The van der Waals surface area contributed by atoms with Gasteiger partial charge < -0.3 is 5.32 Å². The Morgan fingerprint density at radius 3 is 2.67 bits per heavy atom. The van der Waals surface area contributed by atoms with E-state index in [4.69, 9.17) is 4.98 Å². The number of aryl methyl sites for hydroxylation is 1. The lowest BCUT2D eigenvalue weighted by atomic mass is 10.1. The van der Waals surface area contributed by atoms with E-state index in [1.54, 1.807) is 0 Å². The van der Waals surface area contributed by atoms with Gasteiger partial charge in [-0.3, -0.25) is 4.98 Å². The Bertz CT molecular complexity index is 555. The zero-order valence-corrected chi connectivity index (χ0v) is 14.3. The maximum absolute atomic E-state index is 4.83. The van der Waals surface area contributed by atoms with Crippen LogP contribution in [0.25, 0.3) is 0 Å². The van der Waals surface area contributed by atoms with Crippen LogP contribution in [-0.4, -0.2) is 15.5 Å². The van der Waals surface area contributed by atoms with Crippen LogP contribution >= 0.6 is 11.3 Å². The fraction of sp³-hybridized carbons (Fsp3) is 0.529. The summed E-state index contributed by atoms with van der Waals surface area (Å²) in [5.41, 5.74) is 2.48. The van der Waals surface area contributed by atoms with Gasteiger partial charge in [0.05, 0.1) is 10.7 Å². The van der Waals surface area contributed by atoms with Crippen LogP contribution in [0.15, 0.2) is 24.4 Å². The summed E-state index contributed by atoms with van der Waals surface area (Å²) in [6, 6.07) is 6.05. The summed E-state index contributed by atoms with van der Waals surface area (Å²) in [6.45, 7) is 9.70. The second-order valence-corrected chi connectivity index (χ2v) is 7.50. The minimum atomic E-state index is 0.134. The van der Waals surface area contributed by atoms with E-state index in [0.29, 0.717) is 0 Å². The van der Waals surface area contributed by atoms with Gasteiger partial charge in [0.25, 0.3) is 0 Å². The Morgan fingerprint density at radius 1 is 1.24 bits per heavy atom. The Morgan fingerprint density at radius 2 is 2.05 bits per heavy atom. The molecule has 0 aliphatic rings. The van der Waals surface area contributed by atoms with E-state index in [0.717, 1.165) is 31.5 Å². The summed E-state index contributed by atoms with van der Waals surface area (Å²) in [7, 11) is 0. The summed E-state index contributed by atoms with van der Waals surface area (Å²) < 4.78 is 0. The SMILES string of the molecule is CCCc1nc(Cc2ccccn2)sc1CNC(C)(C)C. The fourth-order valence-corrected chi connectivity index (χ4v) is 3.16. The molecule has 2 rings (SSSR count). The molecule has 0 aliphatic carbocycles. The van der Waals surface area contributed by atoms with Crippen LogP contribution in [0.5, 0.6) is 0 Å². The number of aromatic nitrogens is 2. The number of thiazole rings is 1. The van der Waals surface area contributed by atoms with E-state index < -0.39 is 0 Å². The second-order valence-electron chi connectivity index (χ2n) is 6.33. The van der Waals surface area contributed by atoms with Gasteiger partial charge in [-0.2, -0.15) is 0 Å². The maximum atomic E-state index is 4.83. The fourth-order valence-electron chi connectivity index (χ4n) is 2.09. The smallest absolute Gasteiger partial charge is 0.0991 e. The van der Waals surface area contributed by atoms with E-state index in [9.17, 15) is 0 Å². The number of nitrogens with zero attached hydrogens (tertiary/aromatic N) is 2. The van der Waals surface area contributed by atoms with E-state index >= 15 is 0 Å². The zero-order valence-electron chi connectivity index (χ0n) is 13.4. The molecular weight excluding hydrogens is 278 g/mol. The highest BCUT2D eigenvalue weighted by Gasteiger charge is 2.14. The maximum Gasteiger partial charge on any atom is 0.0991 e. The van der Waals surface area contributed by atoms with Crippen molar-refractivity contribution in [1.29, 1.82) is 0 Å². The first-order valence-corrected chi connectivity index (χ1v) is 8.42. The summed E-state index contributed by atoms with van der Waals surface area (Å²) in [6.07, 6.45) is 4.87. The lowest BCUT2D eigenvalue weighted by molar-refractivity contribution is 0.425. The highest BCUT2D eigenvalue weighted by Crippen LogP contribution is 2.22. The van der Waals surface area contributed by atoms with Gasteiger partial charge >= 0.3 is 0 Å². The minimum absolute atomic E-state index is 0.134. The third-order valence-electron chi connectivity index (χ3n) is 3.15. The summed E-state index contributed by atoms with van der Waals surface area (Å²) in [4.78, 5) is 10.6. The first-order chi connectivity index (χ1) is 9.98. The van der Waals surface area contributed by atoms with Gasteiger partial charge in [-0.05, 0) is 39.3 Å². The number of pyridine rings is 1. The van der Waals surface area contributed by atoms with Crippen LogP contribution in [0.1, 0.15) is 55.4 Å². The molecular formula is C17H25N3S. The molecule has 0 amide bonds. The number of rotatable bonds is 6. The van der Waals surface area contributed by atoms with Crippen molar-refractivity contribution in [2.45, 2.75) is 59.0 Å². The first-order valence-electron chi connectivity index (χ1n) is 7.60. The summed E-state index contributed by atoms with van der Waals surface area (Å²) in [5.74, 6) is 0. The Balaban J connectivity index is 2.12. The molecule has 0 spiro atoms. The van der Waals surface area contributed by atoms with Crippen molar-refractivity contribution in [3.8, 4) is 0 Å². The first kappa shape index (κ1) is 16.1. The van der Waals surface area contributed by atoms with Crippen molar-refractivity contribution < 1.29 is 0 Å². The van der Waals surface area contributed by atoms with E-state index in [1.165, 1.54) is 15.6 Å². The van der Waals surface area contributed by atoms with Gasteiger partial charge in [0.1, 0.15) is 0 Å². The largest absolute Gasteiger partial charge is 0.307 e. The molecule has 1 N–H and O–H groups in total. The predicted octanol–water partition coefficient (Wildman–Crippen LogP) is 3.97. The van der Waals surface area contributed by atoms with Gasteiger partial charge in [-0.15, -0.1) is 11.3 Å². The van der Waals surface area contributed by atoms with Crippen LogP contribution in [0.3, 0.4) is 0 Å². The molecule has 0 radical (unpaired) electrons. The highest BCUT2D eigenvalue weighted by atomic mass is 32.1. The van der Waals surface area contributed by atoms with Gasteiger partial charge in [-0.25, -0.2) is 4.98 Å². The third kappa shape index (κ3) is 5.21. The Hall–Kier alpha value is -1.26. The normalized spacial score (nSPS) is 11.8. The van der Waals surface area contributed by atoms with E-state index in [-0.39, 0.29) is 5.54 Å². The molecule has 4 heteroatoms. The van der Waals surface area contributed by atoms with Crippen LogP contribution in [0.4, 0.5) is 0 Å². The highest BCUT2D eigenvalue weighted by molar-refractivity contribution is 7.11. The predicted molar refractivity (Wildman–Crippen MR) is 89.7 cm³/mol. The minimum Gasteiger partial charge on any atom is -0.307 e. The van der Waals surface area contributed by atoms with Gasteiger partial charge in [0, 0.05) is 35.3 Å². The third-order valence-corrected chi connectivity index (χ3v) is 4.24. The number of hydrogen-bond acceptors (Lipinski definition) is 4. The van der Waals surface area contributed by atoms with Crippen LogP contribution < -0.4 is 5.32 Å². The molecule has 2 heterocycles. The van der Waals surface area contributed by atoms with E-state index in [2.05, 4.69) is 44.1 Å². The van der Waals surface area contributed by atoms with E-state index in [1.807, 2.05) is 29.7 Å². The lowest BCUT2D eigenvalue weighted by Gasteiger charge is -2.20. The molecule has 0 fully saturated rings. The Labute approximate surface area is 131 Å². The molecule has 3 nitrogen and oxygen atoms in total. The molecule has 114 valence electrons. The molecule has 2 aromatic rings. The van der Waals surface area contributed by atoms with Crippen LogP contribution in [0, 0.1) is 0 Å². The standard InChI is InChI=1S/C17H25N3S/c1-5-8-14-15(12-19-17(2,3)4)21-16(20-14)11-13-9-6-7-10-18-13/h6-7,9-10,19H,5,8,11-12H2,1-4H3. The molecule has 0 saturated carbocycles. The van der Waals surface area contributed by atoms with Gasteiger partial charge in [-0.1, -0.05) is 19.4 Å². The number of nitrogens with one attached hydrogen (secondary N) is 1. The number of hydrogen-bond donors (Lipinski definition) is 1. The average Bonchev–Trinajstić information content (AvgIpc) is 2.79. The molecule has 2 aromatic heterocycles. The van der Waals surface area contributed by atoms with Crippen molar-refractivity contribution in [3.05, 3.63) is 45.7 Å². The lowest BCUT2D eigenvalue weighted by Crippen LogP contribution is -2.35. The molecule has 21 heavy (non-hydrogen) atoms. The Kier molecular flexibility index (Phi) is 5.48. The van der Waals surface area contributed by atoms with Gasteiger partial charge in [0.2, 0.25) is 0 Å². The van der Waals surface area contributed by atoms with Crippen molar-refractivity contribution in [3.63, 3.8) is 0 Å². The van der Waals surface area contributed by atoms with Crippen LogP contribution in [0.2, 0.25) is 0 Å². The summed E-state index contributed by atoms with van der Waals surface area (Å²) >= 11 is 1.82. The van der Waals surface area contributed by atoms with Crippen molar-refractivity contribution in [1.82, 2.24) is 15.3 Å². The molecule has 0 atom stereocenters. The van der Waals surface area contributed by atoms with Crippen molar-refractivity contribution in [2.75, 3.05) is 0 Å². The monoisotopic (exact) mass is 303 g/mol. The molecule has 0 unspecified atom stereocenters. The zero-order chi connectivity index (χ0) is 15.3. The van der Waals surface area contributed by atoms with Crippen molar-refractivity contribution in [2.24, 2.45) is 0 Å². The molecule has 0 aliphatic heterocycles. The molecule has 0 aromatic carbocycles. The summed E-state index contributed by atoms with van der Waals surface area (Å²) in [5, 5.41) is 4.74. The van der Waals surface area contributed by atoms with Gasteiger partial charge in [0.15, 0.2) is 0 Å². The molecule has 0 bridgehead atoms. The van der Waals surface area contributed by atoms with Crippen LogP contribution in [-0.2, 0) is 19.4 Å². The molecule has 0 saturated heterocycles. The topological polar surface area (TPSA) is 37.8 Å². The second kappa shape index (κ2) is 7.14. The average molecular weight is 303 g/mol.